The number of alkyl halides is 3. The van der Waals surface area contributed by atoms with E-state index in [1.165, 1.54) is 11.1 Å². The van der Waals surface area contributed by atoms with E-state index in [4.69, 9.17) is 0 Å². The largest absolute Gasteiger partial charge is 0.416 e. The molecule has 0 heterocycles. The van der Waals surface area contributed by atoms with Gasteiger partial charge in [0.25, 0.3) is 0 Å². The molecule has 2 rings (SSSR count). The number of hydrazine groups is 1. The number of benzene rings is 2. The van der Waals surface area contributed by atoms with Crippen molar-refractivity contribution in [3.63, 3.8) is 0 Å². The van der Waals surface area contributed by atoms with E-state index in [1.807, 2.05) is 39.0 Å². The topological polar surface area (TPSA) is 6.48 Å². The fraction of sp³-hybridized carbons (Fsp3) is 0.429. The van der Waals surface area contributed by atoms with Gasteiger partial charge in [0.1, 0.15) is 0 Å². The summed E-state index contributed by atoms with van der Waals surface area (Å²) in [6, 6.07) is 13.7. The summed E-state index contributed by atoms with van der Waals surface area (Å²) in [6.07, 6.45) is -3.31. The number of nitrogens with zero attached hydrogens (tertiary/aromatic N) is 2. The molecule has 0 spiro atoms. The van der Waals surface area contributed by atoms with Crippen LogP contribution in [0.2, 0.25) is 0 Å². The predicted octanol–water partition coefficient (Wildman–Crippen LogP) is 5.77. The van der Waals surface area contributed by atoms with Gasteiger partial charge in [-0.1, -0.05) is 57.2 Å². The smallest absolute Gasteiger partial charge is 0.247 e. The van der Waals surface area contributed by atoms with E-state index < -0.39 is 11.7 Å². The molecule has 0 aliphatic rings. The third-order valence-corrected chi connectivity index (χ3v) is 3.98. The molecule has 0 saturated heterocycles. The Hall–Kier alpha value is -1.85. The molecule has 0 aliphatic carbocycles. The Labute approximate surface area is 155 Å². The highest BCUT2D eigenvalue weighted by molar-refractivity contribution is 5.25. The standard InChI is InChI=1S/C19H23F3N2.C2H6/c1-4-15-6-5-7-17(12-15)14-24(23(2)3)13-16-8-10-18(11-9-16)19(20,21)22;1-2/h5-12H,4,13-14H2,1-3H3;1-2H3. The van der Waals surface area contributed by atoms with E-state index in [0.29, 0.717) is 13.1 Å². The van der Waals surface area contributed by atoms with E-state index in [9.17, 15) is 13.2 Å². The Morgan fingerprint density at radius 3 is 1.85 bits per heavy atom. The Morgan fingerprint density at radius 2 is 1.35 bits per heavy atom. The molecule has 0 bridgehead atoms. The molecule has 144 valence electrons. The van der Waals surface area contributed by atoms with Gasteiger partial charge in [-0.25, -0.2) is 10.0 Å². The highest BCUT2D eigenvalue weighted by Gasteiger charge is 2.30. The zero-order chi connectivity index (χ0) is 19.7. The summed E-state index contributed by atoms with van der Waals surface area (Å²) < 4.78 is 38.0. The summed E-state index contributed by atoms with van der Waals surface area (Å²) in [6.45, 7) is 7.38. The first-order valence-corrected chi connectivity index (χ1v) is 8.95. The van der Waals surface area contributed by atoms with E-state index in [0.717, 1.165) is 24.1 Å². The Kier molecular flexibility index (Phi) is 8.82. The van der Waals surface area contributed by atoms with E-state index in [-0.39, 0.29) is 0 Å². The van der Waals surface area contributed by atoms with Crippen molar-refractivity contribution in [2.45, 2.75) is 46.5 Å². The van der Waals surface area contributed by atoms with Gasteiger partial charge in [-0.3, -0.25) is 0 Å². The summed E-state index contributed by atoms with van der Waals surface area (Å²) in [5.41, 5.74) is 2.71. The average molecular weight is 366 g/mol. The van der Waals surface area contributed by atoms with Gasteiger partial charge < -0.3 is 0 Å². The van der Waals surface area contributed by atoms with Crippen LogP contribution in [0.25, 0.3) is 0 Å². The van der Waals surface area contributed by atoms with Crippen LogP contribution < -0.4 is 0 Å². The van der Waals surface area contributed by atoms with Crippen molar-refractivity contribution in [3.05, 3.63) is 70.8 Å². The number of hydrogen-bond donors (Lipinski definition) is 0. The maximum absolute atomic E-state index is 12.7. The number of rotatable bonds is 6. The normalized spacial score (nSPS) is 11.5. The lowest BCUT2D eigenvalue weighted by atomic mass is 10.1. The van der Waals surface area contributed by atoms with Crippen LogP contribution in [0, 0.1) is 0 Å². The first-order chi connectivity index (χ1) is 12.3. The molecule has 2 aromatic carbocycles. The average Bonchev–Trinajstić information content (AvgIpc) is 2.62. The van der Waals surface area contributed by atoms with Gasteiger partial charge in [0.05, 0.1) is 5.56 Å². The first-order valence-electron chi connectivity index (χ1n) is 8.95. The molecule has 0 amide bonds. The van der Waals surface area contributed by atoms with Crippen LogP contribution in [0.3, 0.4) is 0 Å². The van der Waals surface area contributed by atoms with E-state index >= 15 is 0 Å². The minimum Gasteiger partial charge on any atom is -0.247 e. The van der Waals surface area contributed by atoms with Crippen molar-refractivity contribution in [2.24, 2.45) is 0 Å². The Balaban J connectivity index is 0.00000163. The van der Waals surface area contributed by atoms with Crippen LogP contribution in [0.4, 0.5) is 13.2 Å². The molecule has 0 aliphatic heterocycles. The fourth-order valence-corrected chi connectivity index (χ4v) is 2.51. The third kappa shape index (κ3) is 6.81. The minimum atomic E-state index is -4.29. The maximum atomic E-state index is 12.7. The predicted molar refractivity (Wildman–Crippen MR) is 102 cm³/mol. The number of halogens is 3. The zero-order valence-corrected chi connectivity index (χ0v) is 16.3. The van der Waals surface area contributed by atoms with Crippen LogP contribution in [0.15, 0.2) is 48.5 Å². The molecular weight excluding hydrogens is 337 g/mol. The molecule has 0 unspecified atom stereocenters. The molecule has 5 heteroatoms. The minimum absolute atomic E-state index is 0.557. The lowest BCUT2D eigenvalue weighted by Crippen LogP contribution is -2.35. The fourth-order valence-electron chi connectivity index (χ4n) is 2.51. The molecule has 0 fully saturated rings. The van der Waals surface area contributed by atoms with Crippen LogP contribution in [-0.4, -0.2) is 24.1 Å². The summed E-state index contributed by atoms with van der Waals surface area (Å²) in [4.78, 5) is 0. The van der Waals surface area contributed by atoms with Gasteiger partial charge >= 0.3 is 6.18 Å². The molecule has 0 N–H and O–H groups in total. The van der Waals surface area contributed by atoms with Gasteiger partial charge in [0.2, 0.25) is 0 Å². The van der Waals surface area contributed by atoms with Crippen LogP contribution in [0.5, 0.6) is 0 Å². The van der Waals surface area contributed by atoms with E-state index in [2.05, 4.69) is 30.1 Å². The van der Waals surface area contributed by atoms with Gasteiger partial charge in [0, 0.05) is 27.2 Å². The number of aryl methyl sites for hydroxylation is 1. The summed E-state index contributed by atoms with van der Waals surface area (Å²) >= 11 is 0. The monoisotopic (exact) mass is 366 g/mol. The third-order valence-electron chi connectivity index (χ3n) is 3.98. The molecule has 2 nitrogen and oxygen atoms in total. The molecule has 0 aromatic heterocycles. The van der Waals surface area contributed by atoms with Crippen molar-refractivity contribution >= 4 is 0 Å². The van der Waals surface area contributed by atoms with Crippen molar-refractivity contribution in [2.75, 3.05) is 14.1 Å². The van der Waals surface area contributed by atoms with Crippen LogP contribution in [0.1, 0.15) is 43.0 Å². The lowest BCUT2D eigenvalue weighted by Gasteiger charge is -2.29. The maximum Gasteiger partial charge on any atom is 0.416 e. The van der Waals surface area contributed by atoms with Gasteiger partial charge in [-0.2, -0.15) is 13.2 Å². The Bertz CT molecular complexity index is 649. The van der Waals surface area contributed by atoms with Crippen molar-refractivity contribution in [3.8, 4) is 0 Å². The molecular formula is C21H29F3N2. The molecule has 26 heavy (non-hydrogen) atoms. The SMILES string of the molecule is CC.CCc1cccc(CN(Cc2ccc(C(F)(F)F)cc2)N(C)C)c1. The molecule has 0 saturated carbocycles. The lowest BCUT2D eigenvalue weighted by molar-refractivity contribution is -0.137. The van der Waals surface area contributed by atoms with Crippen molar-refractivity contribution < 1.29 is 13.2 Å². The Morgan fingerprint density at radius 1 is 0.808 bits per heavy atom. The van der Waals surface area contributed by atoms with Gasteiger partial charge in [0.15, 0.2) is 0 Å². The first kappa shape index (κ1) is 22.2. The second-order valence-corrected chi connectivity index (χ2v) is 6.04. The van der Waals surface area contributed by atoms with Gasteiger partial charge in [-0.05, 0) is 35.2 Å². The second-order valence-electron chi connectivity index (χ2n) is 6.04. The summed E-state index contributed by atoms with van der Waals surface area (Å²) in [5, 5.41) is 4.06. The quantitative estimate of drug-likeness (QED) is 0.599. The van der Waals surface area contributed by atoms with Crippen molar-refractivity contribution in [1.82, 2.24) is 10.0 Å². The highest BCUT2D eigenvalue weighted by Crippen LogP contribution is 2.29. The zero-order valence-electron chi connectivity index (χ0n) is 16.3. The van der Waals surface area contributed by atoms with E-state index in [1.54, 1.807) is 12.1 Å². The van der Waals surface area contributed by atoms with Crippen LogP contribution >= 0.6 is 0 Å². The molecule has 0 atom stereocenters. The highest BCUT2D eigenvalue weighted by atomic mass is 19.4. The molecule has 0 radical (unpaired) electrons. The van der Waals surface area contributed by atoms with Gasteiger partial charge in [-0.15, -0.1) is 0 Å². The summed E-state index contributed by atoms with van der Waals surface area (Å²) in [7, 11) is 3.88. The van der Waals surface area contributed by atoms with Crippen LogP contribution in [-0.2, 0) is 25.7 Å². The number of hydrogen-bond acceptors (Lipinski definition) is 2. The van der Waals surface area contributed by atoms with Crippen molar-refractivity contribution in [1.29, 1.82) is 0 Å². The summed E-state index contributed by atoms with van der Waals surface area (Å²) in [5.74, 6) is 0. The molecule has 2 aromatic rings. The second kappa shape index (κ2) is 10.3.